The lowest BCUT2D eigenvalue weighted by molar-refractivity contribution is -0.124. The van der Waals surface area contributed by atoms with Crippen LogP contribution in [0.3, 0.4) is 0 Å². The molecular formula is C16H22N2O3S. The minimum Gasteiger partial charge on any atom is -0.273 e. The zero-order valence-electron chi connectivity index (χ0n) is 13.2. The molecule has 2 rings (SSSR count). The third kappa shape index (κ3) is 4.40. The van der Waals surface area contributed by atoms with E-state index in [1.165, 1.54) is 5.56 Å². The number of carbonyl (C=O) groups excluding carboxylic acids is 1. The Bertz CT molecular complexity index is 670. The monoisotopic (exact) mass is 322 g/mol. The Morgan fingerprint density at radius 2 is 1.91 bits per heavy atom. The molecule has 0 saturated carbocycles. The SMILES string of the molecule is CC(C)(C)c1ccc(/C=N\NC(=O)[C@@H]2CCS(=O)(=O)C2)cc1. The molecule has 1 aliphatic heterocycles. The van der Waals surface area contributed by atoms with Gasteiger partial charge in [0.25, 0.3) is 0 Å². The first-order valence-electron chi connectivity index (χ1n) is 7.31. The van der Waals surface area contributed by atoms with Gasteiger partial charge in [0.15, 0.2) is 9.84 Å². The van der Waals surface area contributed by atoms with E-state index in [9.17, 15) is 13.2 Å². The van der Waals surface area contributed by atoms with Crippen molar-refractivity contribution >= 4 is 22.0 Å². The number of hydrogen-bond donors (Lipinski definition) is 1. The van der Waals surface area contributed by atoms with E-state index in [-0.39, 0.29) is 22.8 Å². The second-order valence-electron chi connectivity index (χ2n) is 6.71. The standard InChI is InChI=1S/C16H22N2O3S/c1-16(2,3)14-6-4-12(5-7-14)10-17-18-15(19)13-8-9-22(20,21)11-13/h4-7,10,13H,8-9,11H2,1-3H3,(H,18,19)/b17-10-/t13-/m1/s1. The summed E-state index contributed by atoms with van der Waals surface area (Å²) < 4.78 is 22.7. The highest BCUT2D eigenvalue weighted by atomic mass is 32.2. The van der Waals surface area contributed by atoms with Crippen LogP contribution < -0.4 is 5.43 Å². The summed E-state index contributed by atoms with van der Waals surface area (Å²) in [5.41, 5.74) is 4.63. The number of hydrogen-bond acceptors (Lipinski definition) is 4. The predicted molar refractivity (Wildman–Crippen MR) is 87.6 cm³/mol. The zero-order valence-corrected chi connectivity index (χ0v) is 14.0. The number of nitrogens with zero attached hydrogens (tertiary/aromatic N) is 1. The van der Waals surface area contributed by atoms with E-state index < -0.39 is 15.8 Å². The van der Waals surface area contributed by atoms with E-state index in [4.69, 9.17) is 0 Å². The molecule has 0 unspecified atom stereocenters. The molecule has 1 aromatic carbocycles. The molecule has 1 amide bonds. The number of benzene rings is 1. The number of rotatable bonds is 3. The molecule has 1 saturated heterocycles. The second kappa shape index (κ2) is 6.20. The molecule has 1 heterocycles. The third-order valence-electron chi connectivity index (χ3n) is 3.77. The molecule has 120 valence electrons. The normalized spacial score (nSPS) is 21.1. The van der Waals surface area contributed by atoms with Crippen LogP contribution in [0.25, 0.3) is 0 Å². The van der Waals surface area contributed by atoms with E-state index in [0.717, 1.165) is 5.56 Å². The Kier molecular flexibility index (Phi) is 4.70. The van der Waals surface area contributed by atoms with Crippen LogP contribution in [0, 0.1) is 5.92 Å². The molecule has 1 aliphatic rings. The Labute approximate surface area is 131 Å². The third-order valence-corrected chi connectivity index (χ3v) is 5.54. The van der Waals surface area contributed by atoms with Crippen molar-refractivity contribution in [1.29, 1.82) is 0 Å². The second-order valence-corrected chi connectivity index (χ2v) is 8.93. The van der Waals surface area contributed by atoms with Crippen molar-refractivity contribution in [2.75, 3.05) is 11.5 Å². The summed E-state index contributed by atoms with van der Waals surface area (Å²) in [6.45, 7) is 6.43. The zero-order chi connectivity index (χ0) is 16.4. The summed E-state index contributed by atoms with van der Waals surface area (Å²) in [7, 11) is -3.05. The van der Waals surface area contributed by atoms with E-state index in [1.54, 1.807) is 6.21 Å². The van der Waals surface area contributed by atoms with Gasteiger partial charge in [0.05, 0.1) is 23.6 Å². The molecule has 1 atom stereocenters. The van der Waals surface area contributed by atoms with E-state index in [1.807, 2.05) is 24.3 Å². The minimum atomic E-state index is -3.05. The van der Waals surface area contributed by atoms with Crippen LogP contribution in [0.15, 0.2) is 29.4 Å². The maximum absolute atomic E-state index is 11.8. The van der Waals surface area contributed by atoms with Crippen LogP contribution in [-0.4, -0.2) is 32.0 Å². The summed E-state index contributed by atoms with van der Waals surface area (Å²) in [6.07, 6.45) is 1.94. The van der Waals surface area contributed by atoms with Crippen LogP contribution in [0.5, 0.6) is 0 Å². The lowest BCUT2D eigenvalue weighted by Gasteiger charge is -2.18. The lowest BCUT2D eigenvalue weighted by atomic mass is 9.87. The molecule has 0 bridgehead atoms. The van der Waals surface area contributed by atoms with Gasteiger partial charge in [0.1, 0.15) is 0 Å². The van der Waals surface area contributed by atoms with Crippen LogP contribution in [0.1, 0.15) is 38.3 Å². The Morgan fingerprint density at radius 1 is 1.27 bits per heavy atom. The van der Waals surface area contributed by atoms with Gasteiger partial charge in [-0.2, -0.15) is 5.10 Å². The van der Waals surface area contributed by atoms with E-state index in [2.05, 4.69) is 31.3 Å². The van der Waals surface area contributed by atoms with Crippen LogP contribution >= 0.6 is 0 Å². The highest BCUT2D eigenvalue weighted by Gasteiger charge is 2.32. The Hall–Kier alpha value is -1.69. The van der Waals surface area contributed by atoms with Gasteiger partial charge in [-0.15, -0.1) is 0 Å². The number of carbonyl (C=O) groups is 1. The molecular weight excluding hydrogens is 300 g/mol. The van der Waals surface area contributed by atoms with Crippen molar-refractivity contribution in [2.24, 2.45) is 11.0 Å². The smallest absolute Gasteiger partial charge is 0.244 e. The highest BCUT2D eigenvalue weighted by Crippen LogP contribution is 2.22. The van der Waals surface area contributed by atoms with Crippen LogP contribution in [0.4, 0.5) is 0 Å². The number of amides is 1. The maximum Gasteiger partial charge on any atom is 0.244 e. The maximum atomic E-state index is 11.8. The van der Waals surface area contributed by atoms with Gasteiger partial charge in [-0.25, -0.2) is 13.8 Å². The average molecular weight is 322 g/mol. The Morgan fingerprint density at radius 3 is 2.41 bits per heavy atom. The first-order chi connectivity index (χ1) is 10.2. The summed E-state index contributed by atoms with van der Waals surface area (Å²) in [6, 6.07) is 7.95. The van der Waals surface area contributed by atoms with E-state index in [0.29, 0.717) is 6.42 Å². The van der Waals surface area contributed by atoms with Crippen molar-refractivity contribution in [1.82, 2.24) is 5.43 Å². The first kappa shape index (κ1) is 16.7. The predicted octanol–water partition coefficient (Wildman–Crippen LogP) is 1.87. The van der Waals surface area contributed by atoms with Gasteiger partial charge >= 0.3 is 0 Å². The molecule has 5 nitrogen and oxygen atoms in total. The fraction of sp³-hybridized carbons (Fsp3) is 0.500. The van der Waals surface area contributed by atoms with Gasteiger partial charge in [-0.05, 0) is 23.0 Å². The molecule has 0 aromatic heterocycles. The first-order valence-corrected chi connectivity index (χ1v) is 9.13. The largest absolute Gasteiger partial charge is 0.273 e. The number of nitrogens with one attached hydrogen (secondary N) is 1. The van der Waals surface area contributed by atoms with Gasteiger partial charge < -0.3 is 0 Å². The summed E-state index contributed by atoms with van der Waals surface area (Å²) in [4.78, 5) is 11.8. The number of sulfone groups is 1. The molecule has 1 aromatic rings. The molecule has 22 heavy (non-hydrogen) atoms. The van der Waals surface area contributed by atoms with Gasteiger partial charge in [-0.3, -0.25) is 4.79 Å². The van der Waals surface area contributed by atoms with Gasteiger partial charge in [0, 0.05) is 0 Å². The fourth-order valence-electron chi connectivity index (χ4n) is 2.33. The molecule has 1 N–H and O–H groups in total. The highest BCUT2D eigenvalue weighted by molar-refractivity contribution is 7.91. The van der Waals surface area contributed by atoms with Crippen molar-refractivity contribution in [3.63, 3.8) is 0 Å². The van der Waals surface area contributed by atoms with Gasteiger partial charge in [0.2, 0.25) is 5.91 Å². The minimum absolute atomic E-state index is 0.0748. The fourth-order valence-corrected chi connectivity index (χ4v) is 4.07. The number of hydrazone groups is 1. The topological polar surface area (TPSA) is 75.6 Å². The van der Waals surface area contributed by atoms with Crippen LogP contribution in [-0.2, 0) is 20.0 Å². The molecule has 0 radical (unpaired) electrons. The van der Waals surface area contributed by atoms with E-state index >= 15 is 0 Å². The van der Waals surface area contributed by atoms with Crippen LogP contribution in [0.2, 0.25) is 0 Å². The van der Waals surface area contributed by atoms with Crippen molar-refractivity contribution in [3.8, 4) is 0 Å². The van der Waals surface area contributed by atoms with Gasteiger partial charge in [-0.1, -0.05) is 45.0 Å². The average Bonchev–Trinajstić information content (AvgIpc) is 2.79. The van der Waals surface area contributed by atoms with Crippen molar-refractivity contribution in [2.45, 2.75) is 32.6 Å². The summed E-state index contributed by atoms with van der Waals surface area (Å²) >= 11 is 0. The van der Waals surface area contributed by atoms with Crippen molar-refractivity contribution < 1.29 is 13.2 Å². The molecule has 1 fully saturated rings. The quantitative estimate of drug-likeness (QED) is 0.682. The Balaban J connectivity index is 1.91. The molecule has 0 spiro atoms. The molecule has 0 aliphatic carbocycles. The molecule has 6 heteroatoms. The summed E-state index contributed by atoms with van der Waals surface area (Å²) in [5.74, 6) is -0.799. The lowest BCUT2D eigenvalue weighted by Crippen LogP contribution is -2.27. The summed E-state index contributed by atoms with van der Waals surface area (Å²) in [5, 5.41) is 3.91. The van der Waals surface area contributed by atoms with Crippen molar-refractivity contribution in [3.05, 3.63) is 35.4 Å².